The van der Waals surface area contributed by atoms with Crippen molar-refractivity contribution >= 4 is 11.9 Å². The van der Waals surface area contributed by atoms with E-state index >= 15 is 0 Å². The van der Waals surface area contributed by atoms with E-state index < -0.39 is 17.8 Å². The second kappa shape index (κ2) is 7.40. The SMILES string of the molecule is O=C(Oc1ccc(C(=O)Oc2ccc(F)cc2)cc1)c1ccccc1. The van der Waals surface area contributed by atoms with Crippen molar-refractivity contribution in [1.29, 1.82) is 0 Å². The van der Waals surface area contributed by atoms with Gasteiger partial charge in [0.15, 0.2) is 0 Å². The molecular formula is C20H13FO4. The number of carbonyl (C=O) groups is 2. The first-order chi connectivity index (χ1) is 12.1. The third-order valence-corrected chi connectivity index (χ3v) is 3.33. The number of esters is 2. The van der Waals surface area contributed by atoms with E-state index in [0.717, 1.165) is 0 Å². The number of halogens is 1. The van der Waals surface area contributed by atoms with Crippen LogP contribution < -0.4 is 9.47 Å². The Hall–Kier alpha value is -3.47. The first-order valence-electron chi connectivity index (χ1n) is 7.47. The van der Waals surface area contributed by atoms with Gasteiger partial charge >= 0.3 is 11.9 Å². The molecule has 3 rings (SSSR count). The summed E-state index contributed by atoms with van der Waals surface area (Å²) in [6.07, 6.45) is 0. The first kappa shape index (κ1) is 16.4. The number of hydrogen-bond donors (Lipinski definition) is 0. The molecule has 0 radical (unpaired) electrons. The second-order valence-corrected chi connectivity index (χ2v) is 5.12. The lowest BCUT2D eigenvalue weighted by Gasteiger charge is -2.06. The van der Waals surface area contributed by atoms with E-state index in [1.165, 1.54) is 48.5 Å². The molecule has 0 bridgehead atoms. The Morgan fingerprint density at radius 1 is 0.600 bits per heavy atom. The van der Waals surface area contributed by atoms with E-state index in [0.29, 0.717) is 11.3 Å². The van der Waals surface area contributed by atoms with Gasteiger partial charge in [0.05, 0.1) is 11.1 Å². The number of carbonyl (C=O) groups excluding carboxylic acids is 2. The molecule has 0 fully saturated rings. The third-order valence-electron chi connectivity index (χ3n) is 3.33. The number of hydrogen-bond acceptors (Lipinski definition) is 4. The summed E-state index contributed by atoms with van der Waals surface area (Å²) in [6.45, 7) is 0. The van der Waals surface area contributed by atoms with Gasteiger partial charge in [-0.1, -0.05) is 18.2 Å². The summed E-state index contributed by atoms with van der Waals surface area (Å²) in [4.78, 5) is 24.0. The molecule has 0 aromatic heterocycles. The van der Waals surface area contributed by atoms with Crippen molar-refractivity contribution in [3.8, 4) is 11.5 Å². The summed E-state index contributed by atoms with van der Waals surface area (Å²) in [6, 6.07) is 19.7. The molecule has 0 atom stereocenters. The van der Waals surface area contributed by atoms with Gasteiger partial charge in [-0.25, -0.2) is 14.0 Å². The van der Waals surface area contributed by atoms with Crippen LogP contribution in [0.1, 0.15) is 20.7 Å². The fourth-order valence-electron chi connectivity index (χ4n) is 2.07. The number of ether oxygens (including phenoxy) is 2. The van der Waals surface area contributed by atoms with Gasteiger partial charge in [0.25, 0.3) is 0 Å². The summed E-state index contributed by atoms with van der Waals surface area (Å²) < 4.78 is 23.2. The van der Waals surface area contributed by atoms with Crippen molar-refractivity contribution in [2.45, 2.75) is 0 Å². The van der Waals surface area contributed by atoms with Crippen molar-refractivity contribution in [2.75, 3.05) is 0 Å². The highest BCUT2D eigenvalue weighted by Crippen LogP contribution is 2.17. The van der Waals surface area contributed by atoms with Crippen molar-refractivity contribution in [1.82, 2.24) is 0 Å². The Kier molecular flexibility index (Phi) is 4.85. The zero-order chi connectivity index (χ0) is 17.6. The van der Waals surface area contributed by atoms with Crippen LogP contribution >= 0.6 is 0 Å². The molecule has 0 N–H and O–H groups in total. The largest absolute Gasteiger partial charge is 0.423 e. The minimum absolute atomic E-state index is 0.242. The minimum Gasteiger partial charge on any atom is -0.423 e. The highest BCUT2D eigenvalue weighted by Gasteiger charge is 2.11. The van der Waals surface area contributed by atoms with Gasteiger partial charge in [-0.05, 0) is 60.7 Å². The lowest BCUT2D eigenvalue weighted by molar-refractivity contribution is 0.0730. The van der Waals surface area contributed by atoms with E-state index in [9.17, 15) is 14.0 Å². The summed E-state index contributed by atoms with van der Waals surface area (Å²) in [5.41, 5.74) is 0.714. The molecular weight excluding hydrogens is 323 g/mol. The molecule has 0 spiro atoms. The predicted octanol–water partition coefficient (Wildman–Crippen LogP) is 4.26. The van der Waals surface area contributed by atoms with Crippen LogP contribution in [0.5, 0.6) is 11.5 Å². The maximum Gasteiger partial charge on any atom is 0.343 e. The molecule has 3 aromatic carbocycles. The van der Waals surface area contributed by atoms with Gasteiger partial charge in [0.2, 0.25) is 0 Å². The van der Waals surface area contributed by atoms with Crippen LogP contribution in [-0.4, -0.2) is 11.9 Å². The molecule has 0 aliphatic heterocycles. The summed E-state index contributed by atoms with van der Waals surface area (Å²) in [7, 11) is 0. The lowest BCUT2D eigenvalue weighted by Crippen LogP contribution is -2.10. The monoisotopic (exact) mass is 336 g/mol. The fraction of sp³-hybridized carbons (Fsp3) is 0. The Morgan fingerprint density at radius 3 is 1.56 bits per heavy atom. The maximum absolute atomic E-state index is 12.8. The zero-order valence-corrected chi connectivity index (χ0v) is 13.0. The van der Waals surface area contributed by atoms with Gasteiger partial charge in [0.1, 0.15) is 17.3 Å². The Balaban J connectivity index is 1.64. The van der Waals surface area contributed by atoms with Gasteiger partial charge in [-0.3, -0.25) is 0 Å². The lowest BCUT2D eigenvalue weighted by atomic mass is 10.2. The highest BCUT2D eigenvalue weighted by molar-refractivity contribution is 5.92. The Bertz CT molecular complexity index is 872. The van der Waals surface area contributed by atoms with Crippen molar-refractivity contribution in [2.24, 2.45) is 0 Å². The van der Waals surface area contributed by atoms with E-state index in [-0.39, 0.29) is 11.3 Å². The van der Waals surface area contributed by atoms with E-state index in [2.05, 4.69) is 0 Å². The van der Waals surface area contributed by atoms with Crippen LogP contribution in [0.3, 0.4) is 0 Å². The molecule has 0 aliphatic rings. The standard InChI is InChI=1S/C20H13FO4/c21-16-8-12-18(13-9-16)25-20(23)15-6-10-17(11-7-15)24-19(22)14-4-2-1-3-5-14/h1-13H. The van der Waals surface area contributed by atoms with Gasteiger partial charge in [-0.15, -0.1) is 0 Å². The molecule has 0 amide bonds. The molecule has 0 saturated carbocycles. The number of benzene rings is 3. The Morgan fingerprint density at radius 2 is 1.04 bits per heavy atom. The molecule has 3 aromatic rings. The molecule has 0 heterocycles. The number of rotatable bonds is 4. The topological polar surface area (TPSA) is 52.6 Å². The summed E-state index contributed by atoms with van der Waals surface area (Å²) in [5, 5.41) is 0. The molecule has 25 heavy (non-hydrogen) atoms. The van der Waals surface area contributed by atoms with E-state index in [1.807, 2.05) is 0 Å². The summed E-state index contributed by atoms with van der Waals surface area (Å²) in [5.74, 6) is -0.933. The first-order valence-corrected chi connectivity index (χ1v) is 7.47. The molecule has 0 unspecified atom stereocenters. The van der Waals surface area contributed by atoms with Crippen molar-refractivity contribution < 1.29 is 23.5 Å². The van der Waals surface area contributed by atoms with Crippen LogP contribution in [0.15, 0.2) is 78.9 Å². The highest BCUT2D eigenvalue weighted by atomic mass is 19.1. The molecule has 5 heteroatoms. The van der Waals surface area contributed by atoms with Crippen molar-refractivity contribution in [3.63, 3.8) is 0 Å². The maximum atomic E-state index is 12.8. The van der Waals surface area contributed by atoms with Crippen molar-refractivity contribution in [3.05, 3.63) is 95.8 Å². The second-order valence-electron chi connectivity index (χ2n) is 5.12. The average Bonchev–Trinajstić information content (AvgIpc) is 2.65. The third kappa shape index (κ3) is 4.29. The minimum atomic E-state index is -0.590. The normalized spacial score (nSPS) is 10.1. The van der Waals surface area contributed by atoms with Gasteiger partial charge in [-0.2, -0.15) is 0 Å². The zero-order valence-electron chi connectivity index (χ0n) is 13.0. The van der Waals surface area contributed by atoms with E-state index in [4.69, 9.17) is 9.47 Å². The molecule has 4 nitrogen and oxygen atoms in total. The molecule has 124 valence electrons. The molecule has 0 aliphatic carbocycles. The van der Waals surface area contributed by atoms with Crippen LogP contribution in [0, 0.1) is 5.82 Å². The fourth-order valence-corrected chi connectivity index (χ4v) is 2.07. The van der Waals surface area contributed by atoms with Gasteiger partial charge < -0.3 is 9.47 Å². The quantitative estimate of drug-likeness (QED) is 0.527. The van der Waals surface area contributed by atoms with Crippen LogP contribution in [-0.2, 0) is 0 Å². The van der Waals surface area contributed by atoms with E-state index in [1.54, 1.807) is 30.3 Å². The van der Waals surface area contributed by atoms with Gasteiger partial charge in [0, 0.05) is 0 Å². The molecule has 0 saturated heterocycles. The van der Waals surface area contributed by atoms with Crippen LogP contribution in [0.25, 0.3) is 0 Å². The Labute approximate surface area is 143 Å². The van der Waals surface area contributed by atoms with Crippen LogP contribution in [0.2, 0.25) is 0 Å². The summed E-state index contributed by atoms with van der Waals surface area (Å²) >= 11 is 0. The smallest absolute Gasteiger partial charge is 0.343 e. The predicted molar refractivity (Wildman–Crippen MR) is 89.2 cm³/mol. The average molecular weight is 336 g/mol. The van der Waals surface area contributed by atoms with Crippen LogP contribution in [0.4, 0.5) is 4.39 Å².